The van der Waals surface area contributed by atoms with Gasteiger partial charge >= 0.3 is 6.09 Å². The van der Waals surface area contributed by atoms with E-state index in [9.17, 15) is 9.90 Å². The second-order valence-corrected chi connectivity index (χ2v) is 6.31. The maximum atomic E-state index is 11.7. The predicted molar refractivity (Wildman–Crippen MR) is 82.2 cm³/mol. The minimum atomic E-state index is -0.182. The first kappa shape index (κ1) is 16.6. The quantitative estimate of drug-likeness (QED) is 0.781. The summed E-state index contributed by atoms with van der Waals surface area (Å²) >= 11 is 0. The van der Waals surface area contributed by atoms with Crippen LogP contribution in [-0.2, 0) is 4.74 Å². The molecule has 0 aromatic carbocycles. The third kappa shape index (κ3) is 4.85. The van der Waals surface area contributed by atoms with E-state index in [0.29, 0.717) is 31.2 Å². The van der Waals surface area contributed by atoms with E-state index < -0.39 is 0 Å². The molecule has 122 valence electrons. The van der Waals surface area contributed by atoms with Gasteiger partial charge in [-0.15, -0.1) is 0 Å². The molecule has 1 saturated heterocycles. The first-order valence-electron chi connectivity index (χ1n) is 8.53. The lowest BCUT2D eigenvalue weighted by Crippen LogP contribution is -2.50. The molecule has 1 amide bonds. The van der Waals surface area contributed by atoms with Crippen LogP contribution in [0.1, 0.15) is 51.9 Å². The number of nitrogens with one attached hydrogen (secondary N) is 1. The molecule has 2 atom stereocenters. The van der Waals surface area contributed by atoms with Gasteiger partial charge in [-0.25, -0.2) is 4.79 Å². The van der Waals surface area contributed by atoms with Crippen molar-refractivity contribution in [2.24, 2.45) is 5.92 Å². The number of carbonyl (C=O) groups is 1. The van der Waals surface area contributed by atoms with Crippen LogP contribution in [0.3, 0.4) is 0 Å². The Morgan fingerprint density at radius 2 is 1.90 bits per heavy atom. The standard InChI is InChI=1S/C16H30N2O3/c1-2-21-16(20)18-10-8-14(9-11-18)17-15-7-5-3-4-6-13(15)12-19/h13-15,17,19H,2-12H2,1H3/t13-,15-/m1/s1. The summed E-state index contributed by atoms with van der Waals surface area (Å²) in [4.78, 5) is 13.5. The largest absolute Gasteiger partial charge is 0.450 e. The Morgan fingerprint density at radius 1 is 1.19 bits per heavy atom. The molecule has 1 aliphatic heterocycles. The maximum Gasteiger partial charge on any atom is 0.409 e. The molecule has 0 aromatic heterocycles. The zero-order chi connectivity index (χ0) is 15.1. The first-order valence-corrected chi connectivity index (χ1v) is 8.53. The van der Waals surface area contributed by atoms with E-state index in [1.54, 1.807) is 4.90 Å². The number of aliphatic hydroxyl groups excluding tert-OH is 1. The monoisotopic (exact) mass is 298 g/mol. The number of ether oxygens (including phenoxy) is 1. The van der Waals surface area contributed by atoms with Crippen LogP contribution < -0.4 is 5.32 Å². The van der Waals surface area contributed by atoms with Gasteiger partial charge in [0.1, 0.15) is 0 Å². The summed E-state index contributed by atoms with van der Waals surface area (Å²) in [5.41, 5.74) is 0. The van der Waals surface area contributed by atoms with Gasteiger partial charge < -0.3 is 20.1 Å². The van der Waals surface area contributed by atoms with Gasteiger partial charge in [-0.2, -0.15) is 0 Å². The molecule has 1 aliphatic carbocycles. The fraction of sp³-hybridized carbons (Fsp3) is 0.938. The Bertz CT molecular complexity index is 317. The number of rotatable bonds is 4. The molecule has 2 N–H and O–H groups in total. The average Bonchev–Trinajstić information content (AvgIpc) is 2.73. The highest BCUT2D eigenvalue weighted by atomic mass is 16.6. The molecule has 0 unspecified atom stereocenters. The fourth-order valence-corrected chi connectivity index (χ4v) is 3.57. The lowest BCUT2D eigenvalue weighted by atomic mass is 9.93. The van der Waals surface area contributed by atoms with Crippen LogP contribution in [0.2, 0.25) is 0 Å². The van der Waals surface area contributed by atoms with Crippen molar-refractivity contribution in [2.45, 2.75) is 64.0 Å². The summed E-state index contributed by atoms with van der Waals surface area (Å²) < 4.78 is 5.05. The number of carbonyl (C=O) groups excluding carboxylic acids is 1. The number of hydrogen-bond donors (Lipinski definition) is 2. The highest BCUT2D eigenvalue weighted by molar-refractivity contribution is 5.67. The second kappa shape index (κ2) is 8.59. The number of piperidine rings is 1. The van der Waals surface area contributed by atoms with E-state index in [1.165, 1.54) is 25.7 Å². The molecular formula is C16H30N2O3. The Kier molecular flexibility index (Phi) is 6.77. The third-order valence-electron chi connectivity index (χ3n) is 4.86. The average molecular weight is 298 g/mol. The fourth-order valence-electron chi connectivity index (χ4n) is 3.57. The molecule has 0 bridgehead atoms. The molecule has 1 heterocycles. The van der Waals surface area contributed by atoms with Gasteiger partial charge in [0.15, 0.2) is 0 Å². The number of nitrogens with zero attached hydrogens (tertiary/aromatic N) is 1. The highest BCUT2D eigenvalue weighted by Gasteiger charge is 2.28. The van der Waals surface area contributed by atoms with Crippen LogP contribution in [0.5, 0.6) is 0 Å². The maximum absolute atomic E-state index is 11.7. The zero-order valence-corrected chi connectivity index (χ0v) is 13.2. The topological polar surface area (TPSA) is 61.8 Å². The summed E-state index contributed by atoms with van der Waals surface area (Å²) in [6, 6.07) is 0.907. The first-order chi connectivity index (χ1) is 10.2. The van der Waals surface area contributed by atoms with Gasteiger partial charge in [-0.1, -0.05) is 19.3 Å². The number of amides is 1. The molecule has 0 aromatic rings. The Labute approximate surface area is 128 Å². The predicted octanol–water partition coefficient (Wildman–Crippen LogP) is 2.14. The summed E-state index contributed by atoms with van der Waals surface area (Å²) in [5.74, 6) is 0.399. The van der Waals surface area contributed by atoms with Crippen LogP contribution >= 0.6 is 0 Å². The van der Waals surface area contributed by atoms with Gasteiger partial charge in [0.05, 0.1) is 6.61 Å². The normalized spacial score (nSPS) is 28.2. The highest BCUT2D eigenvalue weighted by Crippen LogP contribution is 2.24. The SMILES string of the molecule is CCOC(=O)N1CCC(N[C@@H]2CCCCC[C@@H]2CO)CC1. The van der Waals surface area contributed by atoms with Crippen molar-refractivity contribution in [3.05, 3.63) is 0 Å². The molecule has 21 heavy (non-hydrogen) atoms. The van der Waals surface area contributed by atoms with Crippen LogP contribution in [0.15, 0.2) is 0 Å². The van der Waals surface area contributed by atoms with Gasteiger partial charge in [0.2, 0.25) is 0 Å². The van der Waals surface area contributed by atoms with Crippen molar-refractivity contribution in [3.8, 4) is 0 Å². The minimum Gasteiger partial charge on any atom is -0.450 e. The molecule has 1 saturated carbocycles. The van der Waals surface area contributed by atoms with E-state index >= 15 is 0 Å². The van der Waals surface area contributed by atoms with Crippen LogP contribution in [-0.4, -0.2) is 54.5 Å². The summed E-state index contributed by atoms with van der Waals surface area (Å²) in [6.45, 7) is 4.12. The van der Waals surface area contributed by atoms with Crippen molar-refractivity contribution < 1.29 is 14.6 Å². The van der Waals surface area contributed by atoms with E-state index in [2.05, 4.69) is 5.32 Å². The second-order valence-electron chi connectivity index (χ2n) is 6.31. The Morgan fingerprint density at radius 3 is 2.57 bits per heavy atom. The molecule has 2 rings (SSSR count). The Hall–Kier alpha value is -0.810. The number of aliphatic hydroxyl groups is 1. The molecule has 0 radical (unpaired) electrons. The molecule has 0 spiro atoms. The lowest BCUT2D eigenvalue weighted by molar-refractivity contribution is 0.0916. The summed E-state index contributed by atoms with van der Waals surface area (Å²) in [7, 11) is 0. The third-order valence-corrected chi connectivity index (χ3v) is 4.86. The van der Waals surface area contributed by atoms with Crippen molar-refractivity contribution >= 4 is 6.09 Å². The zero-order valence-electron chi connectivity index (χ0n) is 13.2. The summed E-state index contributed by atoms with van der Waals surface area (Å²) in [6.07, 6.45) is 7.87. The van der Waals surface area contributed by atoms with E-state index in [1.807, 2.05) is 6.92 Å². The number of hydrogen-bond acceptors (Lipinski definition) is 4. The summed E-state index contributed by atoms with van der Waals surface area (Å²) in [5, 5.41) is 13.3. The minimum absolute atomic E-state index is 0.182. The van der Waals surface area contributed by atoms with Crippen molar-refractivity contribution in [3.63, 3.8) is 0 Å². The molecular weight excluding hydrogens is 268 g/mol. The van der Waals surface area contributed by atoms with Crippen molar-refractivity contribution in [1.82, 2.24) is 10.2 Å². The van der Waals surface area contributed by atoms with Crippen LogP contribution in [0.4, 0.5) is 4.79 Å². The van der Waals surface area contributed by atoms with Crippen molar-refractivity contribution in [2.75, 3.05) is 26.3 Å². The van der Waals surface area contributed by atoms with Gasteiger partial charge in [-0.3, -0.25) is 0 Å². The van der Waals surface area contributed by atoms with Crippen molar-refractivity contribution in [1.29, 1.82) is 0 Å². The molecule has 2 fully saturated rings. The molecule has 2 aliphatic rings. The van der Waals surface area contributed by atoms with Gasteiger partial charge in [-0.05, 0) is 38.5 Å². The number of likely N-dealkylation sites (tertiary alicyclic amines) is 1. The Balaban J connectivity index is 1.78. The lowest BCUT2D eigenvalue weighted by Gasteiger charge is -2.35. The van der Waals surface area contributed by atoms with Gasteiger partial charge in [0, 0.05) is 31.8 Å². The van der Waals surface area contributed by atoms with Gasteiger partial charge in [0.25, 0.3) is 0 Å². The van der Waals surface area contributed by atoms with Crippen LogP contribution in [0, 0.1) is 5.92 Å². The van der Waals surface area contributed by atoms with E-state index in [-0.39, 0.29) is 6.09 Å². The molecule has 5 nitrogen and oxygen atoms in total. The van der Waals surface area contributed by atoms with Crippen LogP contribution in [0.25, 0.3) is 0 Å². The van der Waals surface area contributed by atoms with E-state index in [4.69, 9.17) is 4.74 Å². The smallest absolute Gasteiger partial charge is 0.409 e. The molecule has 5 heteroatoms. The van der Waals surface area contributed by atoms with E-state index in [0.717, 1.165) is 32.4 Å².